The zero-order valence-electron chi connectivity index (χ0n) is 16.5. The Bertz CT molecular complexity index is 886. The van der Waals surface area contributed by atoms with Crippen molar-refractivity contribution in [1.82, 2.24) is 10.2 Å². The molecule has 2 amide bonds. The number of nitrogens with one attached hydrogen (secondary N) is 2. The predicted molar refractivity (Wildman–Crippen MR) is 106 cm³/mol. The second kappa shape index (κ2) is 10.1. The lowest BCUT2D eigenvalue weighted by Gasteiger charge is -2.34. The zero-order chi connectivity index (χ0) is 21.5. The Hall–Kier alpha value is -3.04. The Kier molecular flexibility index (Phi) is 7.31. The zero-order valence-corrected chi connectivity index (χ0v) is 16.5. The van der Waals surface area contributed by atoms with Gasteiger partial charge in [0.1, 0.15) is 5.75 Å². The average molecular weight is 419 g/mol. The van der Waals surface area contributed by atoms with Crippen LogP contribution in [0.3, 0.4) is 0 Å². The van der Waals surface area contributed by atoms with Gasteiger partial charge in [0.05, 0.1) is 26.4 Å². The number of ether oxygens (including phenoxy) is 2. The SMILES string of the molecule is COc1ccc([C@@H](CNC(=O)C(=O)Nc2ccc(F)c(F)c2)N2CCOCC2)cc1. The van der Waals surface area contributed by atoms with Crippen molar-refractivity contribution >= 4 is 17.5 Å². The van der Waals surface area contributed by atoms with E-state index >= 15 is 0 Å². The fourth-order valence-electron chi connectivity index (χ4n) is 3.20. The number of carbonyl (C=O) groups excluding carboxylic acids is 2. The van der Waals surface area contributed by atoms with Crippen LogP contribution >= 0.6 is 0 Å². The molecule has 9 heteroatoms. The van der Waals surface area contributed by atoms with E-state index in [-0.39, 0.29) is 18.3 Å². The Morgan fingerprint density at radius 1 is 1.07 bits per heavy atom. The molecule has 0 radical (unpaired) electrons. The van der Waals surface area contributed by atoms with E-state index in [2.05, 4.69) is 15.5 Å². The molecule has 1 aliphatic heterocycles. The monoisotopic (exact) mass is 419 g/mol. The van der Waals surface area contributed by atoms with Gasteiger partial charge in [-0.05, 0) is 29.8 Å². The molecule has 0 spiro atoms. The van der Waals surface area contributed by atoms with Gasteiger partial charge in [0.2, 0.25) is 0 Å². The third-order valence-corrected chi connectivity index (χ3v) is 4.83. The topological polar surface area (TPSA) is 79.9 Å². The van der Waals surface area contributed by atoms with Crippen LogP contribution in [0.2, 0.25) is 0 Å². The van der Waals surface area contributed by atoms with E-state index in [1.165, 1.54) is 6.07 Å². The van der Waals surface area contributed by atoms with Gasteiger partial charge in [0.15, 0.2) is 11.6 Å². The van der Waals surface area contributed by atoms with Gasteiger partial charge in [-0.15, -0.1) is 0 Å². The number of hydrogen-bond acceptors (Lipinski definition) is 5. The van der Waals surface area contributed by atoms with E-state index in [1.807, 2.05) is 24.3 Å². The lowest BCUT2D eigenvalue weighted by atomic mass is 10.0. The summed E-state index contributed by atoms with van der Waals surface area (Å²) in [5.41, 5.74) is 0.952. The molecule has 1 fully saturated rings. The van der Waals surface area contributed by atoms with Gasteiger partial charge in [-0.1, -0.05) is 12.1 Å². The minimum absolute atomic E-state index is 0.00562. The molecular weight excluding hydrogens is 396 g/mol. The average Bonchev–Trinajstić information content (AvgIpc) is 2.77. The Labute approximate surface area is 173 Å². The molecule has 0 bridgehead atoms. The number of carbonyl (C=O) groups is 2. The summed E-state index contributed by atoms with van der Waals surface area (Å²) in [5, 5.41) is 4.88. The molecule has 0 unspecified atom stereocenters. The van der Waals surface area contributed by atoms with E-state index in [9.17, 15) is 18.4 Å². The lowest BCUT2D eigenvalue weighted by molar-refractivity contribution is -0.136. The molecule has 7 nitrogen and oxygen atoms in total. The van der Waals surface area contributed by atoms with E-state index in [0.717, 1.165) is 23.4 Å². The second-order valence-electron chi connectivity index (χ2n) is 6.73. The first-order valence-corrected chi connectivity index (χ1v) is 9.48. The van der Waals surface area contributed by atoms with Gasteiger partial charge < -0.3 is 20.1 Å². The van der Waals surface area contributed by atoms with Crippen molar-refractivity contribution in [1.29, 1.82) is 0 Å². The summed E-state index contributed by atoms with van der Waals surface area (Å²) in [6, 6.07) is 10.2. The summed E-state index contributed by atoms with van der Waals surface area (Å²) >= 11 is 0. The fraction of sp³-hybridized carbons (Fsp3) is 0.333. The number of amides is 2. The number of anilines is 1. The maximum absolute atomic E-state index is 13.3. The van der Waals surface area contributed by atoms with Crippen LogP contribution in [0.4, 0.5) is 14.5 Å². The highest BCUT2D eigenvalue weighted by Gasteiger charge is 2.24. The second-order valence-corrected chi connectivity index (χ2v) is 6.73. The number of nitrogens with zero attached hydrogens (tertiary/aromatic N) is 1. The van der Waals surface area contributed by atoms with Crippen LogP contribution in [0.15, 0.2) is 42.5 Å². The molecule has 1 saturated heterocycles. The number of halogens is 2. The molecule has 2 aromatic carbocycles. The normalized spacial score (nSPS) is 15.3. The van der Waals surface area contributed by atoms with Crippen molar-refractivity contribution in [3.63, 3.8) is 0 Å². The van der Waals surface area contributed by atoms with Crippen molar-refractivity contribution in [3.05, 3.63) is 59.7 Å². The van der Waals surface area contributed by atoms with E-state index in [0.29, 0.717) is 26.3 Å². The molecule has 1 atom stereocenters. The summed E-state index contributed by atoms with van der Waals surface area (Å²) in [6.45, 7) is 2.73. The molecule has 2 N–H and O–H groups in total. The Morgan fingerprint density at radius 3 is 2.40 bits per heavy atom. The van der Waals surface area contributed by atoms with Crippen molar-refractivity contribution < 1.29 is 27.8 Å². The summed E-state index contributed by atoms with van der Waals surface area (Å²) in [7, 11) is 1.58. The first-order chi connectivity index (χ1) is 14.5. The van der Waals surface area contributed by atoms with E-state index in [1.54, 1.807) is 7.11 Å². The number of hydrogen-bond donors (Lipinski definition) is 2. The smallest absolute Gasteiger partial charge is 0.313 e. The van der Waals surface area contributed by atoms with Crippen LogP contribution in [0, 0.1) is 11.6 Å². The molecule has 160 valence electrons. The van der Waals surface area contributed by atoms with Crippen LogP contribution in [0.1, 0.15) is 11.6 Å². The molecule has 30 heavy (non-hydrogen) atoms. The van der Waals surface area contributed by atoms with Crippen molar-refractivity contribution in [3.8, 4) is 5.75 Å². The van der Waals surface area contributed by atoms with Crippen LogP contribution < -0.4 is 15.4 Å². The summed E-state index contributed by atoms with van der Waals surface area (Å²) in [6.07, 6.45) is 0. The highest BCUT2D eigenvalue weighted by molar-refractivity contribution is 6.39. The minimum Gasteiger partial charge on any atom is -0.497 e. The van der Waals surface area contributed by atoms with Gasteiger partial charge in [-0.3, -0.25) is 14.5 Å². The maximum atomic E-state index is 13.3. The molecule has 1 aliphatic rings. The minimum atomic E-state index is -1.11. The molecule has 1 heterocycles. The van der Waals surface area contributed by atoms with E-state index < -0.39 is 23.4 Å². The van der Waals surface area contributed by atoms with Crippen LogP contribution in [0.5, 0.6) is 5.75 Å². The van der Waals surface area contributed by atoms with Crippen molar-refractivity contribution in [2.75, 3.05) is 45.3 Å². The summed E-state index contributed by atoms with van der Waals surface area (Å²) < 4.78 is 36.9. The Morgan fingerprint density at radius 2 is 1.77 bits per heavy atom. The quantitative estimate of drug-likeness (QED) is 0.701. The summed E-state index contributed by atoms with van der Waals surface area (Å²) in [4.78, 5) is 26.6. The first-order valence-electron chi connectivity index (χ1n) is 9.48. The number of benzene rings is 2. The molecule has 0 aliphatic carbocycles. The maximum Gasteiger partial charge on any atom is 0.313 e. The third kappa shape index (κ3) is 5.52. The van der Waals surface area contributed by atoms with Crippen LogP contribution in [0.25, 0.3) is 0 Å². The third-order valence-electron chi connectivity index (χ3n) is 4.83. The van der Waals surface area contributed by atoms with Gasteiger partial charge in [-0.25, -0.2) is 8.78 Å². The number of morpholine rings is 1. The van der Waals surface area contributed by atoms with Crippen LogP contribution in [-0.2, 0) is 14.3 Å². The highest BCUT2D eigenvalue weighted by Crippen LogP contribution is 2.23. The van der Waals surface area contributed by atoms with E-state index in [4.69, 9.17) is 9.47 Å². The lowest BCUT2D eigenvalue weighted by Crippen LogP contribution is -2.45. The fourth-order valence-corrected chi connectivity index (χ4v) is 3.20. The van der Waals surface area contributed by atoms with Crippen LogP contribution in [-0.4, -0.2) is 56.7 Å². The summed E-state index contributed by atoms with van der Waals surface area (Å²) in [5.74, 6) is -3.26. The molecule has 3 rings (SSSR count). The Balaban J connectivity index is 1.65. The highest BCUT2D eigenvalue weighted by atomic mass is 19.2. The largest absolute Gasteiger partial charge is 0.497 e. The molecule has 2 aromatic rings. The van der Waals surface area contributed by atoms with Crippen molar-refractivity contribution in [2.45, 2.75) is 6.04 Å². The molecule has 0 saturated carbocycles. The van der Waals surface area contributed by atoms with Gasteiger partial charge in [0, 0.05) is 31.4 Å². The number of methoxy groups -OCH3 is 1. The number of rotatable bonds is 6. The van der Waals surface area contributed by atoms with Gasteiger partial charge >= 0.3 is 11.8 Å². The molecule has 0 aromatic heterocycles. The molecular formula is C21H23F2N3O4. The predicted octanol–water partition coefficient (Wildman–Crippen LogP) is 2.10. The van der Waals surface area contributed by atoms with Gasteiger partial charge in [0.25, 0.3) is 0 Å². The first kappa shape index (κ1) is 21.7. The van der Waals surface area contributed by atoms with Gasteiger partial charge in [-0.2, -0.15) is 0 Å². The standard InChI is InChI=1S/C21H23F2N3O4/c1-29-16-5-2-14(3-6-16)19(26-8-10-30-11-9-26)13-24-20(27)21(28)25-15-4-7-17(22)18(23)12-15/h2-7,12,19H,8-11,13H2,1H3,(H,24,27)(H,25,28)/t19-/m1/s1. The van der Waals surface area contributed by atoms with Crippen molar-refractivity contribution in [2.24, 2.45) is 0 Å².